The molecule has 48 valence electrons. The Morgan fingerprint density at radius 3 is 1.88 bits per heavy atom. The van der Waals surface area contributed by atoms with E-state index in [-0.39, 0.29) is 2.86 Å². The van der Waals surface area contributed by atoms with Crippen LogP contribution in [0, 0.1) is 0 Å². The van der Waals surface area contributed by atoms with Crippen LogP contribution in [0.3, 0.4) is 0 Å². The van der Waals surface area contributed by atoms with Crippen LogP contribution in [-0.2, 0) is 0 Å². The quantitative estimate of drug-likeness (QED) is 0.494. The van der Waals surface area contributed by atoms with Gasteiger partial charge in [-0.15, -0.1) is 2.86 Å². The Balaban J connectivity index is 2.33. The van der Waals surface area contributed by atoms with Gasteiger partial charge < -0.3 is 0 Å². The topological polar surface area (TPSA) is 20.2 Å². The molecule has 0 aromatic carbocycles. The van der Waals surface area contributed by atoms with Crippen molar-refractivity contribution in [3.63, 3.8) is 0 Å². The van der Waals surface area contributed by atoms with Gasteiger partial charge in [0, 0.05) is 12.8 Å². The molecule has 0 saturated carbocycles. The van der Waals surface area contributed by atoms with Gasteiger partial charge in [-0.2, -0.15) is 0 Å². The van der Waals surface area contributed by atoms with E-state index in [1.165, 1.54) is 19.3 Å². The maximum Gasteiger partial charge on any atom is 0.287 e. The molecule has 1 aliphatic rings. The zero-order chi connectivity index (χ0) is 6.04. The number of hydroxylamine groups is 2. The number of rotatable bonds is 0. The molecule has 1 N–H and O–H groups in total. The molecule has 0 amide bonds. The van der Waals surface area contributed by atoms with Crippen LogP contribution in [0.2, 0.25) is 0 Å². The summed E-state index contributed by atoms with van der Waals surface area (Å²) in [7, 11) is 0. The largest absolute Gasteiger partial charge is 0.287 e. The minimum Gasteiger partial charge on any atom is -0.209 e. The summed E-state index contributed by atoms with van der Waals surface area (Å²) in [6, 6.07) is 0. The van der Waals surface area contributed by atoms with Crippen LogP contribution in [0.1, 0.15) is 19.3 Å². The first kappa shape index (κ1) is 6.77. The summed E-state index contributed by atoms with van der Waals surface area (Å²) in [5.41, 5.74) is 0. The molecule has 0 aliphatic carbocycles. The highest BCUT2D eigenvalue weighted by molar-refractivity contribution is 14.1. The average Bonchev–Trinajstić information content (AvgIpc) is 1.65. The lowest BCUT2D eigenvalue weighted by Crippen LogP contribution is -2.38. The second kappa shape index (κ2) is 2.49. The van der Waals surface area contributed by atoms with E-state index in [2.05, 4.69) is 22.9 Å². The number of quaternary nitrogens is 1. The van der Waals surface area contributed by atoms with Crippen LogP contribution in [0.4, 0.5) is 0 Å². The van der Waals surface area contributed by atoms with Gasteiger partial charge in [-0.25, -0.2) is 5.21 Å². The molecule has 0 atom stereocenters. The first-order chi connectivity index (χ1) is 3.71. The molecule has 0 bridgehead atoms. The molecule has 1 aliphatic heterocycles. The Bertz CT molecular complexity index is 76.5. The number of hydrogen-bond donors (Lipinski definition) is 1. The first-order valence-electron chi connectivity index (χ1n) is 3.00. The molecule has 1 heterocycles. The summed E-state index contributed by atoms with van der Waals surface area (Å²) in [5.74, 6) is 0. The van der Waals surface area contributed by atoms with Gasteiger partial charge in [0.25, 0.3) is 22.9 Å². The van der Waals surface area contributed by atoms with E-state index in [1.54, 1.807) is 0 Å². The molecular weight excluding hydrogens is 217 g/mol. The Kier molecular flexibility index (Phi) is 2.11. The lowest BCUT2D eigenvalue weighted by atomic mass is 10.2. The SMILES string of the molecule is O[N+]1(I)CCCCC1. The van der Waals surface area contributed by atoms with Crippen LogP contribution < -0.4 is 0 Å². The highest BCUT2D eigenvalue weighted by Gasteiger charge is 2.24. The minimum atomic E-state index is 0.220. The van der Waals surface area contributed by atoms with Crippen LogP contribution in [0.25, 0.3) is 0 Å². The second-order valence-electron chi connectivity index (χ2n) is 2.33. The highest BCUT2D eigenvalue weighted by atomic mass is 127. The summed E-state index contributed by atoms with van der Waals surface area (Å²) >= 11 is 2.08. The van der Waals surface area contributed by atoms with Gasteiger partial charge in [-0.3, -0.25) is 0 Å². The standard InChI is InChI=1S/C5H11INO/c6-7(8)4-2-1-3-5-7/h8H,1-5H2/q+1. The van der Waals surface area contributed by atoms with E-state index >= 15 is 0 Å². The average molecular weight is 228 g/mol. The number of nitrogens with zero attached hydrogens (tertiary/aromatic N) is 1. The Labute approximate surface area is 63.5 Å². The van der Waals surface area contributed by atoms with Gasteiger partial charge in [0.2, 0.25) is 0 Å². The van der Waals surface area contributed by atoms with Gasteiger partial charge in [0.15, 0.2) is 0 Å². The van der Waals surface area contributed by atoms with Crippen molar-refractivity contribution in [1.29, 1.82) is 0 Å². The Morgan fingerprint density at radius 2 is 1.62 bits per heavy atom. The summed E-state index contributed by atoms with van der Waals surface area (Å²) in [5, 5.41) is 9.30. The van der Waals surface area contributed by atoms with Gasteiger partial charge in [0.05, 0.1) is 0 Å². The predicted molar refractivity (Wildman–Crippen MR) is 39.7 cm³/mol. The van der Waals surface area contributed by atoms with Crippen molar-refractivity contribution in [1.82, 2.24) is 0 Å². The van der Waals surface area contributed by atoms with Crippen molar-refractivity contribution in [2.24, 2.45) is 0 Å². The summed E-state index contributed by atoms with van der Waals surface area (Å²) < 4.78 is 0.220. The zero-order valence-electron chi connectivity index (χ0n) is 4.81. The van der Waals surface area contributed by atoms with Crippen LogP contribution in [0.15, 0.2) is 0 Å². The molecule has 1 fully saturated rings. The third-order valence-corrected chi connectivity index (χ3v) is 2.47. The lowest BCUT2D eigenvalue weighted by Gasteiger charge is -2.25. The molecule has 0 spiro atoms. The Hall–Kier alpha value is 0.650. The highest BCUT2D eigenvalue weighted by Crippen LogP contribution is 2.20. The van der Waals surface area contributed by atoms with Crippen LogP contribution in [0.5, 0.6) is 0 Å². The molecule has 0 radical (unpaired) electrons. The Morgan fingerprint density at radius 1 is 1.12 bits per heavy atom. The van der Waals surface area contributed by atoms with E-state index in [0.717, 1.165) is 13.1 Å². The summed E-state index contributed by atoms with van der Waals surface area (Å²) in [6.07, 6.45) is 3.66. The maximum absolute atomic E-state index is 9.30. The molecule has 0 aromatic rings. The summed E-state index contributed by atoms with van der Waals surface area (Å²) in [4.78, 5) is 0. The smallest absolute Gasteiger partial charge is 0.209 e. The van der Waals surface area contributed by atoms with Crippen molar-refractivity contribution in [3.05, 3.63) is 0 Å². The van der Waals surface area contributed by atoms with Crippen molar-refractivity contribution in [2.75, 3.05) is 13.1 Å². The van der Waals surface area contributed by atoms with E-state index in [1.807, 2.05) is 0 Å². The van der Waals surface area contributed by atoms with Gasteiger partial charge in [0.1, 0.15) is 13.1 Å². The van der Waals surface area contributed by atoms with Crippen molar-refractivity contribution >= 4 is 22.9 Å². The molecular formula is C5H11INO+. The lowest BCUT2D eigenvalue weighted by molar-refractivity contribution is -0.960. The third kappa shape index (κ3) is 1.87. The molecule has 0 aromatic heterocycles. The number of piperidine rings is 1. The second-order valence-corrected chi connectivity index (χ2v) is 4.12. The molecule has 2 nitrogen and oxygen atoms in total. The fourth-order valence-corrected chi connectivity index (χ4v) is 1.68. The van der Waals surface area contributed by atoms with Crippen LogP contribution >= 0.6 is 22.9 Å². The van der Waals surface area contributed by atoms with Gasteiger partial charge in [-0.1, -0.05) is 0 Å². The summed E-state index contributed by atoms with van der Waals surface area (Å²) in [6.45, 7) is 1.86. The first-order valence-corrected chi connectivity index (χ1v) is 3.97. The predicted octanol–water partition coefficient (Wildman–Crippen LogP) is 1.73. The molecule has 8 heavy (non-hydrogen) atoms. The fourth-order valence-electron chi connectivity index (χ4n) is 0.997. The van der Waals surface area contributed by atoms with Crippen molar-refractivity contribution in [3.8, 4) is 0 Å². The zero-order valence-corrected chi connectivity index (χ0v) is 6.97. The monoisotopic (exact) mass is 228 g/mol. The van der Waals surface area contributed by atoms with Crippen LogP contribution in [-0.4, -0.2) is 21.2 Å². The normalized spacial score (nSPS) is 27.8. The molecule has 1 saturated heterocycles. The van der Waals surface area contributed by atoms with E-state index in [4.69, 9.17) is 0 Å². The number of hydrogen-bond acceptors (Lipinski definition) is 1. The van der Waals surface area contributed by atoms with Gasteiger partial charge in [-0.05, 0) is 6.42 Å². The maximum atomic E-state index is 9.30. The molecule has 0 unspecified atom stereocenters. The molecule has 3 heteroatoms. The van der Waals surface area contributed by atoms with E-state index in [9.17, 15) is 5.21 Å². The van der Waals surface area contributed by atoms with E-state index < -0.39 is 0 Å². The van der Waals surface area contributed by atoms with Crippen molar-refractivity contribution < 1.29 is 8.07 Å². The third-order valence-electron chi connectivity index (χ3n) is 1.50. The number of halogens is 1. The minimum absolute atomic E-state index is 0.220. The van der Waals surface area contributed by atoms with E-state index in [0.29, 0.717) is 0 Å². The van der Waals surface area contributed by atoms with Crippen molar-refractivity contribution in [2.45, 2.75) is 19.3 Å². The molecule has 1 rings (SSSR count). The fraction of sp³-hybridized carbons (Fsp3) is 1.00. The van der Waals surface area contributed by atoms with Gasteiger partial charge >= 0.3 is 0 Å².